The van der Waals surface area contributed by atoms with E-state index in [2.05, 4.69) is 5.92 Å². The molecule has 24 heavy (non-hydrogen) atoms. The lowest BCUT2D eigenvalue weighted by Gasteiger charge is -2.33. The van der Waals surface area contributed by atoms with E-state index >= 15 is 0 Å². The van der Waals surface area contributed by atoms with Gasteiger partial charge in [0.15, 0.2) is 6.10 Å². The summed E-state index contributed by atoms with van der Waals surface area (Å²) < 4.78 is 11.0. The normalized spacial score (nSPS) is 16.1. The lowest BCUT2D eigenvalue weighted by Crippen LogP contribution is -2.47. The van der Waals surface area contributed by atoms with Crippen molar-refractivity contribution >= 4 is 11.6 Å². The van der Waals surface area contributed by atoms with Crippen molar-refractivity contribution in [2.24, 2.45) is 0 Å². The Kier molecular flexibility index (Phi) is 4.30. The molecule has 3 rings (SSSR count). The minimum atomic E-state index is -0.709. The Labute approximate surface area is 140 Å². The summed E-state index contributed by atoms with van der Waals surface area (Å²) in [6.07, 6.45) is 5.07. The third-order valence-electron chi connectivity index (χ3n) is 3.85. The molecular formula is C19H17NO4. The van der Waals surface area contributed by atoms with Gasteiger partial charge in [0.25, 0.3) is 5.91 Å². The average Bonchev–Trinajstić information content (AvgIpc) is 2.58. The van der Waals surface area contributed by atoms with E-state index in [1.165, 1.54) is 17.0 Å². The number of anilines is 1. The van der Waals surface area contributed by atoms with Crippen molar-refractivity contribution < 1.29 is 19.4 Å². The SMILES string of the molecule is C#CCN1C(=O)C(Cc2cccc(OC)c2)Oc2cc(O)ccc21. The minimum absolute atomic E-state index is 0.0730. The first-order valence-electron chi connectivity index (χ1n) is 7.50. The zero-order valence-corrected chi connectivity index (χ0v) is 13.2. The summed E-state index contributed by atoms with van der Waals surface area (Å²) in [5.41, 5.74) is 1.48. The Morgan fingerprint density at radius 1 is 1.33 bits per heavy atom. The number of ether oxygens (including phenoxy) is 2. The molecule has 1 amide bonds. The van der Waals surface area contributed by atoms with Gasteiger partial charge < -0.3 is 14.6 Å². The number of hydrogen-bond donors (Lipinski definition) is 1. The van der Waals surface area contributed by atoms with Crippen LogP contribution < -0.4 is 14.4 Å². The molecule has 2 aromatic rings. The second-order valence-electron chi connectivity index (χ2n) is 5.44. The maximum atomic E-state index is 12.7. The van der Waals surface area contributed by atoms with Crippen molar-refractivity contribution in [1.82, 2.24) is 0 Å². The molecular weight excluding hydrogens is 306 g/mol. The van der Waals surface area contributed by atoms with E-state index in [4.69, 9.17) is 15.9 Å². The zero-order valence-electron chi connectivity index (χ0n) is 13.2. The van der Waals surface area contributed by atoms with Gasteiger partial charge in [-0.25, -0.2) is 0 Å². The molecule has 5 heteroatoms. The van der Waals surface area contributed by atoms with E-state index in [0.717, 1.165) is 5.56 Å². The van der Waals surface area contributed by atoms with Crippen LogP contribution in [-0.2, 0) is 11.2 Å². The van der Waals surface area contributed by atoms with Gasteiger partial charge in [-0.05, 0) is 29.8 Å². The van der Waals surface area contributed by atoms with Crippen molar-refractivity contribution in [3.63, 3.8) is 0 Å². The number of aromatic hydroxyl groups is 1. The average molecular weight is 323 g/mol. The first-order chi connectivity index (χ1) is 11.6. The number of rotatable bonds is 4. The van der Waals surface area contributed by atoms with E-state index in [0.29, 0.717) is 23.6 Å². The van der Waals surface area contributed by atoms with E-state index in [9.17, 15) is 9.90 Å². The van der Waals surface area contributed by atoms with Crippen molar-refractivity contribution in [2.75, 3.05) is 18.6 Å². The second-order valence-corrected chi connectivity index (χ2v) is 5.44. The maximum absolute atomic E-state index is 12.7. The van der Waals surface area contributed by atoms with Crippen LogP contribution in [0.25, 0.3) is 0 Å². The molecule has 0 bridgehead atoms. The number of methoxy groups -OCH3 is 1. The van der Waals surface area contributed by atoms with Gasteiger partial charge in [-0.3, -0.25) is 9.69 Å². The van der Waals surface area contributed by atoms with Crippen LogP contribution in [0, 0.1) is 12.3 Å². The molecule has 1 aliphatic heterocycles. The van der Waals surface area contributed by atoms with Gasteiger partial charge in [0.2, 0.25) is 0 Å². The molecule has 1 N–H and O–H groups in total. The fraction of sp³-hybridized carbons (Fsp3) is 0.211. The van der Waals surface area contributed by atoms with Crippen LogP contribution in [0.4, 0.5) is 5.69 Å². The van der Waals surface area contributed by atoms with Crippen molar-refractivity contribution in [3.05, 3.63) is 48.0 Å². The molecule has 1 atom stereocenters. The Balaban J connectivity index is 1.91. The molecule has 5 nitrogen and oxygen atoms in total. The number of fused-ring (bicyclic) bond motifs is 1. The highest BCUT2D eigenvalue weighted by Crippen LogP contribution is 2.37. The summed E-state index contributed by atoms with van der Waals surface area (Å²) in [5.74, 6) is 3.53. The third-order valence-corrected chi connectivity index (χ3v) is 3.85. The van der Waals surface area contributed by atoms with Crippen molar-refractivity contribution in [1.29, 1.82) is 0 Å². The van der Waals surface area contributed by atoms with Gasteiger partial charge in [0.1, 0.15) is 17.2 Å². The number of amides is 1. The van der Waals surface area contributed by atoms with E-state index < -0.39 is 6.10 Å². The third kappa shape index (κ3) is 2.99. The molecule has 0 saturated heterocycles. The summed E-state index contributed by atoms with van der Waals surface area (Å²) in [7, 11) is 1.59. The number of benzene rings is 2. The predicted molar refractivity (Wildman–Crippen MR) is 90.4 cm³/mol. The number of nitrogens with zero attached hydrogens (tertiary/aromatic N) is 1. The van der Waals surface area contributed by atoms with E-state index in [1.54, 1.807) is 13.2 Å². The molecule has 0 radical (unpaired) electrons. The van der Waals surface area contributed by atoms with Crippen LogP contribution in [0.15, 0.2) is 42.5 Å². The van der Waals surface area contributed by atoms with Crippen LogP contribution in [-0.4, -0.2) is 30.8 Å². The lowest BCUT2D eigenvalue weighted by molar-refractivity contribution is -0.126. The lowest BCUT2D eigenvalue weighted by atomic mass is 10.0. The number of phenolic OH excluding ortho intramolecular Hbond substituents is 1. The Morgan fingerprint density at radius 3 is 2.92 bits per heavy atom. The second kappa shape index (κ2) is 6.55. The van der Waals surface area contributed by atoms with Crippen LogP contribution in [0.3, 0.4) is 0 Å². The number of terminal acetylenes is 1. The van der Waals surface area contributed by atoms with Crippen LogP contribution in [0.1, 0.15) is 5.56 Å². The molecule has 0 aromatic heterocycles. The summed E-state index contributed by atoms with van der Waals surface area (Å²) in [5, 5.41) is 9.67. The Morgan fingerprint density at radius 2 is 2.17 bits per heavy atom. The molecule has 0 fully saturated rings. The molecule has 1 heterocycles. The number of phenols is 1. The molecule has 2 aromatic carbocycles. The van der Waals surface area contributed by atoms with Gasteiger partial charge in [-0.2, -0.15) is 0 Å². The highest BCUT2D eigenvalue weighted by Gasteiger charge is 2.34. The zero-order chi connectivity index (χ0) is 17.1. The topological polar surface area (TPSA) is 59.0 Å². The molecule has 122 valence electrons. The number of hydrogen-bond acceptors (Lipinski definition) is 4. The minimum Gasteiger partial charge on any atom is -0.508 e. The Hall–Kier alpha value is -3.13. The highest BCUT2D eigenvalue weighted by atomic mass is 16.5. The van der Waals surface area contributed by atoms with Gasteiger partial charge >= 0.3 is 0 Å². The summed E-state index contributed by atoms with van der Waals surface area (Å²) >= 11 is 0. The van der Waals surface area contributed by atoms with Crippen molar-refractivity contribution in [2.45, 2.75) is 12.5 Å². The van der Waals surface area contributed by atoms with Gasteiger partial charge in [-0.1, -0.05) is 18.1 Å². The quantitative estimate of drug-likeness (QED) is 0.878. The predicted octanol–water partition coefficient (Wildman–Crippen LogP) is 2.37. The van der Waals surface area contributed by atoms with Gasteiger partial charge in [0.05, 0.1) is 19.3 Å². The fourth-order valence-corrected chi connectivity index (χ4v) is 2.71. The van der Waals surface area contributed by atoms with E-state index in [-0.39, 0.29) is 18.2 Å². The summed E-state index contributed by atoms with van der Waals surface area (Å²) in [6.45, 7) is 0.147. The smallest absolute Gasteiger partial charge is 0.269 e. The van der Waals surface area contributed by atoms with Crippen LogP contribution in [0.5, 0.6) is 17.2 Å². The molecule has 0 aliphatic carbocycles. The maximum Gasteiger partial charge on any atom is 0.269 e. The number of carbonyl (C=O) groups excluding carboxylic acids is 1. The van der Waals surface area contributed by atoms with Gasteiger partial charge in [-0.15, -0.1) is 6.42 Å². The first-order valence-corrected chi connectivity index (χ1v) is 7.50. The highest BCUT2D eigenvalue weighted by molar-refractivity contribution is 6.00. The Bertz CT molecular complexity index is 809. The van der Waals surface area contributed by atoms with E-state index in [1.807, 2.05) is 24.3 Å². The molecule has 1 aliphatic rings. The molecule has 0 spiro atoms. The van der Waals surface area contributed by atoms with Crippen LogP contribution in [0.2, 0.25) is 0 Å². The molecule has 0 saturated carbocycles. The summed E-state index contributed by atoms with van der Waals surface area (Å²) in [4.78, 5) is 14.2. The monoisotopic (exact) mass is 323 g/mol. The van der Waals surface area contributed by atoms with Crippen molar-refractivity contribution in [3.8, 4) is 29.6 Å². The summed E-state index contributed by atoms with van der Waals surface area (Å²) in [6, 6.07) is 12.1. The standard InChI is InChI=1S/C19H17NO4/c1-3-9-20-16-8-7-14(21)12-17(16)24-18(19(20)22)11-13-5-4-6-15(10-13)23-2/h1,4-8,10,12,18,21H,9,11H2,2H3. The first kappa shape index (κ1) is 15.8. The molecule has 1 unspecified atom stereocenters. The fourth-order valence-electron chi connectivity index (χ4n) is 2.71. The van der Waals surface area contributed by atoms with Gasteiger partial charge in [0, 0.05) is 12.5 Å². The largest absolute Gasteiger partial charge is 0.508 e. The number of carbonyl (C=O) groups is 1. The van der Waals surface area contributed by atoms with Crippen LogP contribution >= 0.6 is 0 Å².